The highest BCUT2D eigenvalue weighted by molar-refractivity contribution is 9.12. The van der Waals surface area contributed by atoms with Gasteiger partial charge >= 0.3 is 5.97 Å². The molecular formula is C30H32BrNO4. The van der Waals surface area contributed by atoms with Gasteiger partial charge in [0.2, 0.25) is 0 Å². The number of carboxylic acids is 1. The molecule has 0 heterocycles. The van der Waals surface area contributed by atoms with Gasteiger partial charge in [0.05, 0.1) is 31.2 Å². The van der Waals surface area contributed by atoms with Crippen LogP contribution in [0.1, 0.15) is 43.1 Å². The second-order valence-electron chi connectivity index (χ2n) is 8.96. The van der Waals surface area contributed by atoms with E-state index in [1.807, 2.05) is 54.6 Å². The smallest absolute Gasteiger partial charge is 0.337 e. The quantitative estimate of drug-likeness (QED) is 0.249. The lowest BCUT2D eigenvalue weighted by Crippen LogP contribution is -2.07. The molecule has 36 heavy (non-hydrogen) atoms. The molecule has 3 aromatic rings. The molecule has 0 bridgehead atoms. The lowest BCUT2D eigenvalue weighted by atomic mass is 10.0. The van der Waals surface area contributed by atoms with Crippen LogP contribution in [0.3, 0.4) is 0 Å². The molecule has 0 spiro atoms. The summed E-state index contributed by atoms with van der Waals surface area (Å²) >= 11 is 3.74. The molecule has 3 rings (SSSR count). The van der Waals surface area contributed by atoms with Gasteiger partial charge < -0.3 is 19.9 Å². The molecule has 0 fully saturated rings. The third kappa shape index (κ3) is 7.01. The summed E-state index contributed by atoms with van der Waals surface area (Å²) < 4.78 is 11.4. The van der Waals surface area contributed by atoms with Crippen LogP contribution in [-0.2, 0) is 0 Å². The van der Waals surface area contributed by atoms with Crippen LogP contribution in [0.4, 0.5) is 5.69 Å². The maximum Gasteiger partial charge on any atom is 0.337 e. The van der Waals surface area contributed by atoms with Gasteiger partial charge in [0.25, 0.3) is 0 Å². The number of hydrogen-bond acceptors (Lipinski definition) is 4. The number of anilines is 1. The zero-order chi connectivity index (χ0) is 26.2. The molecule has 0 unspecified atom stereocenters. The van der Waals surface area contributed by atoms with Crippen LogP contribution in [0.15, 0.2) is 82.9 Å². The molecule has 0 aliphatic rings. The van der Waals surface area contributed by atoms with Crippen molar-refractivity contribution in [3.05, 3.63) is 94.0 Å². The van der Waals surface area contributed by atoms with Crippen molar-refractivity contribution >= 4 is 33.3 Å². The molecular weight excluding hydrogens is 518 g/mol. The van der Waals surface area contributed by atoms with E-state index >= 15 is 0 Å². The van der Waals surface area contributed by atoms with Gasteiger partial charge in [-0.05, 0) is 106 Å². The van der Waals surface area contributed by atoms with Crippen LogP contribution in [0.25, 0.3) is 16.8 Å². The first-order chi connectivity index (χ1) is 17.2. The number of methoxy groups -OCH3 is 2. The van der Waals surface area contributed by atoms with Gasteiger partial charge in [0, 0.05) is 4.48 Å². The van der Waals surface area contributed by atoms with E-state index in [2.05, 4.69) is 48.1 Å². The van der Waals surface area contributed by atoms with Crippen LogP contribution < -0.4 is 14.8 Å². The van der Waals surface area contributed by atoms with Crippen LogP contribution in [-0.4, -0.2) is 25.3 Å². The predicted octanol–water partition coefficient (Wildman–Crippen LogP) is 8.24. The second-order valence-corrected chi connectivity index (χ2v) is 9.81. The number of benzene rings is 3. The molecule has 0 aliphatic carbocycles. The normalized spacial score (nSPS) is 12.2. The molecule has 0 aromatic heterocycles. The molecule has 0 atom stereocenters. The Morgan fingerprint density at radius 1 is 0.944 bits per heavy atom. The van der Waals surface area contributed by atoms with Crippen molar-refractivity contribution in [1.29, 1.82) is 0 Å². The van der Waals surface area contributed by atoms with Crippen LogP contribution >= 0.6 is 15.9 Å². The highest BCUT2D eigenvalue weighted by Gasteiger charge is 2.16. The molecule has 0 saturated carbocycles. The van der Waals surface area contributed by atoms with Gasteiger partial charge in [-0.2, -0.15) is 0 Å². The number of nitrogens with one attached hydrogen (secondary N) is 1. The van der Waals surface area contributed by atoms with Crippen LogP contribution in [0.2, 0.25) is 0 Å². The fourth-order valence-electron chi connectivity index (χ4n) is 3.95. The zero-order valence-electron chi connectivity index (χ0n) is 21.3. The Hall–Kier alpha value is -3.51. The number of carboxylic acid groups (broad SMARTS) is 1. The van der Waals surface area contributed by atoms with Gasteiger partial charge in [-0.25, -0.2) is 4.79 Å². The third-order valence-corrected chi connectivity index (χ3v) is 6.28. The lowest BCUT2D eigenvalue weighted by molar-refractivity contribution is 0.0698. The zero-order valence-corrected chi connectivity index (χ0v) is 22.8. The van der Waals surface area contributed by atoms with E-state index in [-0.39, 0.29) is 5.56 Å². The number of rotatable bonds is 10. The number of hydrogen-bond donors (Lipinski definition) is 2. The SMILES string of the molecule is COc1ccc(/C(Nc2ccc(-c3ccc(OC)cc3)cc2C(=O)O)=C(Br)/C=C(\C)CC(C)C)cc1. The van der Waals surface area contributed by atoms with E-state index < -0.39 is 5.97 Å². The fraction of sp³-hybridized carbons (Fsp3) is 0.233. The second kappa shape index (κ2) is 12.5. The maximum atomic E-state index is 12.3. The van der Waals surface area contributed by atoms with Crippen molar-refractivity contribution in [3.8, 4) is 22.6 Å². The lowest BCUT2D eigenvalue weighted by Gasteiger charge is -2.17. The number of carbonyl (C=O) groups is 1. The van der Waals surface area contributed by atoms with Crippen molar-refractivity contribution in [2.75, 3.05) is 19.5 Å². The Labute approximate surface area is 221 Å². The van der Waals surface area contributed by atoms with Gasteiger partial charge in [-0.1, -0.05) is 37.6 Å². The van der Waals surface area contributed by atoms with Gasteiger partial charge in [0.15, 0.2) is 0 Å². The summed E-state index contributed by atoms with van der Waals surface area (Å²) in [6.07, 6.45) is 3.04. The first-order valence-corrected chi connectivity index (χ1v) is 12.5. The van der Waals surface area contributed by atoms with E-state index in [0.29, 0.717) is 11.6 Å². The van der Waals surface area contributed by atoms with Gasteiger partial charge in [-0.3, -0.25) is 0 Å². The molecule has 2 N–H and O–H groups in total. The van der Waals surface area contributed by atoms with Crippen molar-refractivity contribution < 1.29 is 19.4 Å². The minimum atomic E-state index is -1.01. The van der Waals surface area contributed by atoms with Crippen LogP contribution in [0, 0.1) is 5.92 Å². The number of allylic oxidation sites excluding steroid dienone is 3. The molecule has 0 amide bonds. The maximum absolute atomic E-state index is 12.3. The topological polar surface area (TPSA) is 67.8 Å². The Bertz CT molecular complexity index is 1260. The summed E-state index contributed by atoms with van der Waals surface area (Å²) in [5.74, 6) is 1.01. The summed E-state index contributed by atoms with van der Waals surface area (Å²) in [6.45, 7) is 6.46. The molecule has 6 heteroatoms. The standard InChI is InChI=1S/C30H32BrNO4/c1-19(2)16-20(3)17-27(31)29(22-8-13-25(36-5)14-9-22)32-28-15-10-23(18-26(28)30(33)34)21-6-11-24(35-4)12-7-21/h6-15,17-19,32H,16H2,1-5H3,(H,33,34)/b20-17+,29-27+. The molecule has 0 radical (unpaired) electrons. The molecule has 0 saturated heterocycles. The summed E-state index contributed by atoms with van der Waals surface area (Å²) in [6, 6.07) is 20.6. The van der Waals surface area contributed by atoms with Crippen molar-refractivity contribution in [1.82, 2.24) is 0 Å². The van der Waals surface area contributed by atoms with Crippen molar-refractivity contribution in [2.24, 2.45) is 5.92 Å². The van der Waals surface area contributed by atoms with Gasteiger partial charge in [0.1, 0.15) is 11.5 Å². The Kier molecular flexibility index (Phi) is 9.37. The Morgan fingerprint density at radius 3 is 2.03 bits per heavy atom. The number of ether oxygens (including phenoxy) is 2. The fourth-order valence-corrected chi connectivity index (χ4v) is 4.67. The molecule has 188 valence electrons. The summed E-state index contributed by atoms with van der Waals surface area (Å²) in [7, 11) is 3.24. The summed E-state index contributed by atoms with van der Waals surface area (Å²) in [5, 5.41) is 13.4. The average molecular weight is 550 g/mol. The Morgan fingerprint density at radius 2 is 1.50 bits per heavy atom. The predicted molar refractivity (Wildman–Crippen MR) is 151 cm³/mol. The first-order valence-electron chi connectivity index (χ1n) is 11.7. The summed E-state index contributed by atoms with van der Waals surface area (Å²) in [5.41, 5.74) is 5.27. The van der Waals surface area contributed by atoms with E-state index in [1.165, 1.54) is 5.57 Å². The van der Waals surface area contributed by atoms with Gasteiger partial charge in [-0.15, -0.1) is 0 Å². The van der Waals surface area contributed by atoms with E-state index in [1.54, 1.807) is 26.4 Å². The molecule has 0 aliphatic heterocycles. The monoisotopic (exact) mass is 549 g/mol. The number of aromatic carboxylic acids is 1. The first kappa shape index (κ1) is 27.1. The molecule has 5 nitrogen and oxygen atoms in total. The van der Waals surface area contributed by atoms with E-state index in [0.717, 1.165) is 44.8 Å². The van der Waals surface area contributed by atoms with Crippen LogP contribution in [0.5, 0.6) is 11.5 Å². The Balaban J connectivity index is 2.06. The van der Waals surface area contributed by atoms with Crippen molar-refractivity contribution in [3.63, 3.8) is 0 Å². The molecule has 3 aromatic carbocycles. The largest absolute Gasteiger partial charge is 0.497 e. The van der Waals surface area contributed by atoms with Crippen molar-refractivity contribution in [2.45, 2.75) is 27.2 Å². The van der Waals surface area contributed by atoms with E-state index in [4.69, 9.17) is 9.47 Å². The highest BCUT2D eigenvalue weighted by atomic mass is 79.9. The van der Waals surface area contributed by atoms with E-state index in [9.17, 15) is 9.90 Å². The highest BCUT2D eigenvalue weighted by Crippen LogP contribution is 2.32. The minimum Gasteiger partial charge on any atom is -0.497 e. The third-order valence-electron chi connectivity index (χ3n) is 5.65. The minimum absolute atomic E-state index is 0.178. The number of halogens is 1. The summed E-state index contributed by atoms with van der Waals surface area (Å²) in [4.78, 5) is 12.3. The average Bonchev–Trinajstić information content (AvgIpc) is 2.86.